The van der Waals surface area contributed by atoms with Crippen LogP contribution in [0.3, 0.4) is 0 Å². The second kappa shape index (κ2) is 37.8. The van der Waals surface area contributed by atoms with Gasteiger partial charge in [0.15, 0.2) is 0 Å². The molecule has 0 aromatic heterocycles. The van der Waals surface area contributed by atoms with E-state index in [1.807, 2.05) is 123 Å². The van der Waals surface area contributed by atoms with Crippen LogP contribution in [0.15, 0.2) is 200 Å². The van der Waals surface area contributed by atoms with Crippen molar-refractivity contribution in [3.63, 3.8) is 0 Å². The summed E-state index contributed by atoms with van der Waals surface area (Å²) in [7, 11) is -1.53. The maximum absolute atomic E-state index is 10.9. The Labute approximate surface area is 614 Å². The van der Waals surface area contributed by atoms with Crippen molar-refractivity contribution in [2.75, 3.05) is 19.9 Å². The third-order valence-corrected chi connectivity index (χ3v) is 23.4. The first-order valence-corrected chi connectivity index (χ1v) is 39.0. The Kier molecular flexibility index (Phi) is 33.0. The Morgan fingerprint density at radius 2 is 0.510 bits per heavy atom. The first-order chi connectivity index (χ1) is 45.3. The van der Waals surface area contributed by atoms with E-state index in [0.717, 1.165) is 80.0 Å². The molecule has 9 rings (SSSR count). The summed E-state index contributed by atoms with van der Waals surface area (Å²) in [6.07, 6.45) is 0. The molecule has 0 atom stereocenters. The van der Waals surface area contributed by atoms with Crippen molar-refractivity contribution in [3.8, 4) is 75.9 Å². The van der Waals surface area contributed by atoms with E-state index in [-0.39, 0.29) is 44.7 Å². The molecule has 98 heavy (non-hydrogen) atoms. The molecular weight excluding hydrogens is 1560 g/mol. The molecule has 0 amide bonds. The summed E-state index contributed by atoms with van der Waals surface area (Å²) in [6, 6.07) is 74.4. The Bertz CT molecular complexity index is 3530. The predicted octanol–water partition coefficient (Wildman–Crippen LogP) is 22.2. The Morgan fingerprint density at radius 3 is 0.663 bits per heavy atom. The van der Waals surface area contributed by atoms with Crippen molar-refractivity contribution in [3.05, 3.63) is 235 Å². The van der Waals surface area contributed by atoms with E-state index >= 15 is 0 Å². The SMILES string of the molecule is CC(C)(C)O.CC(C)(C)[C]#[W+].CC(C)(C)[C]#[W+].CC(C)(C)c1cccc(-c2[c-]c(-c3cccc(C(C)(C)C)c3O)ccc2)c1O.CC(C)(C)c1cccc(-c2[c-]c(-c3cccc(C(C)(C)C)c3O)ccc2)c1O.CCOCC.C[P+](c1ccccc1)(c1ccccc1)c1ccccc1. The fraction of sp³-hybridized carbons (Fsp3) is 0.371. The van der Waals surface area contributed by atoms with Gasteiger partial charge in [-0.15, -0.1) is 70.8 Å². The monoisotopic (exact) mass is 1680 g/mol. The quantitative estimate of drug-likeness (QED) is 0.0727. The number of rotatable bonds is 9. The summed E-state index contributed by atoms with van der Waals surface area (Å²) in [5.41, 5.74) is 9.38. The van der Waals surface area contributed by atoms with Crippen LogP contribution in [0.5, 0.6) is 23.0 Å². The minimum absolute atomic E-state index is 0.156. The van der Waals surface area contributed by atoms with Gasteiger partial charge < -0.3 is 30.3 Å². The van der Waals surface area contributed by atoms with Gasteiger partial charge in [-0.05, 0) is 137 Å². The second-order valence-corrected chi connectivity index (χ2v) is 36.5. The third-order valence-electron chi connectivity index (χ3n) is 15.0. The molecule has 0 spiro atoms. The van der Waals surface area contributed by atoms with Crippen LogP contribution < -0.4 is 15.9 Å². The second-order valence-electron chi connectivity index (χ2n) is 31.4. The van der Waals surface area contributed by atoms with Crippen LogP contribution in [0.1, 0.15) is 181 Å². The molecule has 0 aliphatic rings. The van der Waals surface area contributed by atoms with E-state index in [1.54, 1.807) is 20.8 Å². The minimum Gasteiger partial charge on any atom is -0.515 e. The first kappa shape index (κ1) is 85.7. The standard InChI is InChI=1S/2C26H29O2.C19H18P.2C5H9.2C4H10O.2W/c2*1-25(2,3)21-14-8-12-19(23(21)27)17-10-7-11-18(16-17)20-13-9-15-22(24(20)28)26(4,5)6;1-20(17-11-5-2-6-12-17,18-13-7-3-8-14-18)19-15-9-4-10-16-19;2*1-5(2,3)4;1-4(2,3)5;1-3-5-4-2;;/h2*7-15,27-28H,1-6H3;2-16H,1H3;2*1-3H3;5H,1-3H3;3-4H2,1-2H3;;/q2*-1;+1;;;;;2*+1. The van der Waals surface area contributed by atoms with Gasteiger partial charge in [0.05, 0.1) is 35.3 Å². The molecule has 9 aromatic carbocycles. The fourth-order valence-corrected chi connectivity index (χ4v) is 13.1. The molecule has 0 saturated heterocycles. The molecular formula is C89H114O6PW2+. The Morgan fingerprint density at radius 1 is 0.327 bits per heavy atom. The van der Waals surface area contributed by atoms with E-state index in [2.05, 4.69) is 243 Å². The molecule has 6 nitrogen and oxygen atoms in total. The molecule has 9 heteroatoms. The number of aliphatic hydroxyl groups is 1. The number of phenols is 4. The van der Waals surface area contributed by atoms with Gasteiger partial charge in [0.1, 0.15) is 23.2 Å². The number of phenolic OH excluding ortho intramolecular Hbond substituents is 4. The van der Waals surface area contributed by atoms with Gasteiger partial charge in [0.25, 0.3) is 0 Å². The zero-order chi connectivity index (χ0) is 74.3. The zero-order valence-electron chi connectivity index (χ0n) is 63.4. The Balaban J connectivity index is 0.000000333. The molecule has 9 aromatic rings. The summed E-state index contributed by atoms with van der Waals surface area (Å²) in [5.74, 6) is 1.15. The van der Waals surface area contributed by atoms with Gasteiger partial charge in [-0.1, -0.05) is 210 Å². The van der Waals surface area contributed by atoms with Crippen LogP contribution in [0.25, 0.3) is 44.5 Å². The van der Waals surface area contributed by atoms with Crippen molar-refractivity contribution in [2.45, 2.75) is 187 Å². The summed E-state index contributed by atoms with van der Waals surface area (Å²) < 4.78 is 11.2. The number of aromatic hydroxyl groups is 4. The molecule has 522 valence electrons. The normalized spacial score (nSPS) is 11.6. The van der Waals surface area contributed by atoms with Crippen molar-refractivity contribution < 1.29 is 68.6 Å². The van der Waals surface area contributed by atoms with Crippen molar-refractivity contribution in [1.29, 1.82) is 0 Å². The summed E-state index contributed by atoms with van der Waals surface area (Å²) >= 11 is 2.88. The molecule has 0 saturated carbocycles. The van der Waals surface area contributed by atoms with Gasteiger partial charge in [-0.25, -0.2) is 0 Å². The Hall–Kier alpha value is -6.53. The number of para-hydroxylation sites is 4. The largest absolute Gasteiger partial charge is 0.515 e. The number of hydrogen-bond donors (Lipinski definition) is 5. The van der Waals surface area contributed by atoms with E-state index in [4.69, 9.17) is 9.84 Å². The molecule has 5 N–H and O–H groups in total. The van der Waals surface area contributed by atoms with Crippen molar-refractivity contribution in [1.82, 2.24) is 0 Å². The van der Waals surface area contributed by atoms with Crippen LogP contribution in [0, 0.1) is 31.4 Å². The molecule has 0 fully saturated rings. The smallest absolute Gasteiger partial charge is 0.109 e. The number of ether oxygens (including phenoxy) is 1. The summed E-state index contributed by atoms with van der Waals surface area (Å²) in [5, 5.41) is 56.3. The number of hydrogen-bond acceptors (Lipinski definition) is 6. The molecule has 0 radical (unpaired) electrons. The van der Waals surface area contributed by atoms with Gasteiger partial charge in [0.2, 0.25) is 0 Å². The molecule has 0 aliphatic carbocycles. The van der Waals surface area contributed by atoms with Crippen molar-refractivity contribution in [2.24, 2.45) is 10.8 Å². The summed E-state index contributed by atoms with van der Waals surface area (Å²) in [6.45, 7) is 51.2. The topological polar surface area (TPSA) is 110 Å². The van der Waals surface area contributed by atoms with Gasteiger partial charge in [-0.3, -0.25) is 0 Å². The third kappa shape index (κ3) is 27.5. The first-order valence-electron chi connectivity index (χ1n) is 33.8. The molecule has 0 aliphatic heterocycles. The van der Waals surface area contributed by atoms with E-state index in [1.165, 1.54) is 54.2 Å². The van der Waals surface area contributed by atoms with Gasteiger partial charge in [0, 0.05) is 13.2 Å². The maximum Gasteiger partial charge on any atom is 0.109 e. The van der Waals surface area contributed by atoms with Crippen LogP contribution in [0.4, 0.5) is 0 Å². The average Bonchev–Trinajstić information content (AvgIpc) is 0.787. The fourth-order valence-electron chi connectivity index (χ4n) is 9.86. The van der Waals surface area contributed by atoms with Gasteiger partial charge >= 0.3 is 99.1 Å². The molecule has 0 bridgehead atoms. The van der Waals surface area contributed by atoms with E-state index in [9.17, 15) is 20.4 Å². The zero-order valence-corrected chi connectivity index (χ0v) is 70.1. The van der Waals surface area contributed by atoms with E-state index < -0.39 is 12.9 Å². The van der Waals surface area contributed by atoms with Crippen LogP contribution >= 0.6 is 7.26 Å². The van der Waals surface area contributed by atoms with Crippen LogP contribution in [-0.4, -0.2) is 51.0 Å². The predicted molar refractivity (Wildman–Crippen MR) is 416 cm³/mol. The minimum atomic E-state index is -1.53. The average molecular weight is 1680 g/mol. The van der Waals surface area contributed by atoms with Crippen LogP contribution in [-0.2, 0) is 64.7 Å². The maximum atomic E-state index is 10.9. The van der Waals surface area contributed by atoms with Crippen LogP contribution in [0.2, 0.25) is 0 Å². The molecule has 0 heterocycles. The summed E-state index contributed by atoms with van der Waals surface area (Å²) in [4.78, 5) is 0. The van der Waals surface area contributed by atoms with E-state index in [0.29, 0.717) is 10.8 Å². The molecule has 0 unspecified atom stereocenters. The van der Waals surface area contributed by atoms with Gasteiger partial charge in [-0.2, -0.15) is 0 Å². The number of benzene rings is 9. The van der Waals surface area contributed by atoms with Crippen molar-refractivity contribution >= 4 is 23.2 Å².